The number of likely N-dealkylation sites (N-methyl/N-ethyl adjacent to an activating group) is 2. The fourth-order valence-electron chi connectivity index (χ4n) is 2.53. The monoisotopic (exact) mass is 256 g/mol. The summed E-state index contributed by atoms with van der Waals surface area (Å²) in [4.78, 5) is 2.45. The van der Waals surface area contributed by atoms with Gasteiger partial charge in [0.25, 0.3) is 0 Å². The third-order valence-corrected chi connectivity index (χ3v) is 3.86. The first-order valence-corrected chi connectivity index (χ1v) is 7.16. The predicted molar refractivity (Wildman–Crippen MR) is 83.5 cm³/mol. The van der Waals surface area contributed by atoms with E-state index in [1.165, 1.54) is 16.3 Å². The van der Waals surface area contributed by atoms with Gasteiger partial charge in [0.2, 0.25) is 0 Å². The second kappa shape index (κ2) is 6.69. The van der Waals surface area contributed by atoms with Crippen LogP contribution in [0, 0.1) is 0 Å². The number of hydrogen-bond acceptors (Lipinski definition) is 2. The maximum Gasteiger partial charge on any atom is 0.0447 e. The van der Waals surface area contributed by atoms with Crippen LogP contribution in [-0.2, 0) is 0 Å². The van der Waals surface area contributed by atoms with Crippen LogP contribution >= 0.6 is 0 Å². The topological polar surface area (TPSA) is 15.3 Å². The lowest BCUT2D eigenvalue weighted by Gasteiger charge is -2.25. The van der Waals surface area contributed by atoms with E-state index < -0.39 is 0 Å². The number of rotatable bonds is 6. The van der Waals surface area contributed by atoms with Crippen LogP contribution in [0.5, 0.6) is 0 Å². The molecule has 2 heteroatoms. The van der Waals surface area contributed by atoms with Gasteiger partial charge in [-0.3, -0.25) is 0 Å². The molecule has 0 saturated heterocycles. The van der Waals surface area contributed by atoms with Crippen molar-refractivity contribution in [3.05, 3.63) is 48.0 Å². The fourth-order valence-corrected chi connectivity index (χ4v) is 2.53. The van der Waals surface area contributed by atoms with Crippen molar-refractivity contribution in [2.45, 2.75) is 19.9 Å². The molecular weight excluding hydrogens is 232 g/mol. The normalized spacial score (nSPS) is 13.1. The molecule has 19 heavy (non-hydrogen) atoms. The smallest absolute Gasteiger partial charge is 0.0447 e. The standard InChI is InChI=1S/C17H24N2/c1-4-19(5-2)13-17(18-3)16-11-10-14-8-6-7-9-15(14)12-16/h6-12,17-18H,4-5,13H2,1-3H3. The van der Waals surface area contributed by atoms with Crippen molar-refractivity contribution in [3.63, 3.8) is 0 Å². The number of fused-ring (bicyclic) bond motifs is 1. The van der Waals surface area contributed by atoms with Crippen molar-refractivity contribution < 1.29 is 0 Å². The lowest BCUT2D eigenvalue weighted by molar-refractivity contribution is 0.271. The summed E-state index contributed by atoms with van der Waals surface area (Å²) in [6, 6.07) is 15.7. The van der Waals surface area contributed by atoms with Gasteiger partial charge in [-0.1, -0.05) is 50.2 Å². The van der Waals surface area contributed by atoms with Crippen molar-refractivity contribution in [1.29, 1.82) is 0 Å². The minimum absolute atomic E-state index is 0.393. The molecule has 0 radical (unpaired) electrons. The van der Waals surface area contributed by atoms with Crippen LogP contribution in [0.2, 0.25) is 0 Å². The van der Waals surface area contributed by atoms with Crippen LogP contribution in [0.1, 0.15) is 25.5 Å². The predicted octanol–water partition coefficient (Wildman–Crippen LogP) is 3.44. The van der Waals surface area contributed by atoms with Crippen LogP contribution in [0.4, 0.5) is 0 Å². The molecule has 0 heterocycles. The highest BCUT2D eigenvalue weighted by molar-refractivity contribution is 5.83. The Bertz CT molecular complexity index is 517. The molecule has 2 rings (SSSR count). The van der Waals surface area contributed by atoms with E-state index >= 15 is 0 Å². The zero-order valence-corrected chi connectivity index (χ0v) is 12.2. The molecule has 0 aliphatic carbocycles. The Morgan fingerprint density at radius 2 is 1.68 bits per heavy atom. The molecule has 0 spiro atoms. The molecule has 102 valence electrons. The number of nitrogens with one attached hydrogen (secondary N) is 1. The second-order valence-electron chi connectivity index (χ2n) is 4.93. The van der Waals surface area contributed by atoms with Gasteiger partial charge in [0.05, 0.1) is 0 Å². The molecule has 0 aromatic heterocycles. The van der Waals surface area contributed by atoms with Gasteiger partial charge in [0.15, 0.2) is 0 Å². The lowest BCUT2D eigenvalue weighted by atomic mass is 10.0. The number of benzene rings is 2. The molecule has 0 aliphatic heterocycles. The van der Waals surface area contributed by atoms with Crippen LogP contribution in [0.3, 0.4) is 0 Å². The summed E-state index contributed by atoms with van der Waals surface area (Å²) in [5, 5.41) is 6.07. The third-order valence-electron chi connectivity index (χ3n) is 3.86. The van der Waals surface area contributed by atoms with E-state index in [2.05, 4.69) is 66.5 Å². The average Bonchev–Trinajstić information content (AvgIpc) is 2.48. The first-order valence-electron chi connectivity index (χ1n) is 7.16. The molecule has 1 unspecified atom stereocenters. The summed E-state index contributed by atoms with van der Waals surface area (Å²) in [5.41, 5.74) is 1.37. The van der Waals surface area contributed by atoms with E-state index in [0.717, 1.165) is 19.6 Å². The average molecular weight is 256 g/mol. The van der Waals surface area contributed by atoms with Crippen molar-refractivity contribution in [2.75, 3.05) is 26.7 Å². The third kappa shape index (κ3) is 3.34. The Labute approximate surface area is 116 Å². The Balaban J connectivity index is 2.24. The van der Waals surface area contributed by atoms with Crippen LogP contribution in [0.15, 0.2) is 42.5 Å². The van der Waals surface area contributed by atoms with E-state index in [1.54, 1.807) is 0 Å². The minimum Gasteiger partial charge on any atom is -0.312 e. The Morgan fingerprint density at radius 1 is 1.00 bits per heavy atom. The van der Waals surface area contributed by atoms with Crippen molar-refractivity contribution >= 4 is 10.8 Å². The summed E-state index contributed by atoms with van der Waals surface area (Å²) in [7, 11) is 2.04. The fraction of sp³-hybridized carbons (Fsp3) is 0.412. The summed E-state index contributed by atoms with van der Waals surface area (Å²) in [6.07, 6.45) is 0. The van der Waals surface area contributed by atoms with Gasteiger partial charge >= 0.3 is 0 Å². The van der Waals surface area contributed by atoms with Gasteiger partial charge in [-0.25, -0.2) is 0 Å². The zero-order chi connectivity index (χ0) is 13.7. The molecule has 2 aromatic rings. The van der Waals surface area contributed by atoms with E-state index in [0.29, 0.717) is 6.04 Å². The van der Waals surface area contributed by atoms with Crippen molar-refractivity contribution in [3.8, 4) is 0 Å². The van der Waals surface area contributed by atoms with Crippen molar-refractivity contribution in [1.82, 2.24) is 10.2 Å². The largest absolute Gasteiger partial charge is 0.312 e. The van der Waals surface area contributed by atoms with Crippen LogP contribution < -0.4 is 5.32 Å². The van der Waals surface area contributed by atoms with Gasteiger partial charge in [-0.2, -0.15) is 0 Å². The molecule has 0 aliphatic rings. The van der Waals surface area contributed by atoms with Crippen LogP contribution in [0.25, 0.3) is 10.8 Å². The van der Waals surface area contributed by atoms with Gasteiger partial charge in [0, 0.05) is 12.6 Å². The SMILES string of the molecule is CCN(CC)CC(NC)c1ccc2ccccc2c1. The molecule has 0 bridgehead atoms. The van der Waals surface area contributed by atoms with E-state index in [4.69, 9.17) is 0 Å². The molecular formula is C17H24N2. The molecule has 2 nitrogen and oxygen atoms in total. The lowest BCUT2D eigenvalue weighted by Crippen LogP contribution is -2.33. The zero-order valence-electron chi connectivity index (χ0n) is 12.2. The molecule has 2 aromatic carbocycles. The Morgan fingerprint density at radius 3 is 2.32 bits per heavy atom. The highest BCUT2D eigenvalue weighted by atomic mass is 15.1. The first-order chi connectivity index (χ1) is 9.28. The Kier molecular flexibility index (Phi) is 4.94. The maximum atomic E-state index is 3.44. The van der Waals surface area contributed by atoms with E-state index in [1.807, 2.05) is 7.05 Å². The van der Waals surface area contributed by atoms with Gasteiger partial charge < -0.3 is 10.2 Å². The molecule has 1 N–H and O–H groups in total. The summed E-state index contributed by atoms with van der Waals surface area (Å²) >= 11 is 0. The quantitative estimate of drug-likeness (QED) is 0.851. The van der Waals surface area contributed by atoms with Crippen LogP contribution in [-0.4, -0.2) is 31.6 Å². The van der Waals surface area contributed by atoms with Gasteiger partial charge in [-0.15, -0.1) is 0 Å². The summed E-state index contributed by atoms with van der Waals surface area (Å²) in [6.45, 7) is 7.69. The number of hydrogen-bond donors (Lipinski definition) is 1. The van der Waals surface area contributed by atoms with Crippen molar-refractivity contribution in [2.24, 2.45) is 0 Å². The van der Waals surface area contributed by atoms with E-state index in [9.17, 15) is 0 Å². The highest BCUT2D eigenvalue weighted by Crippen LogP contribution is 2.21. The molecule has 0 amide bonds. The second-order valence-corrected chi connectivity index (χ2v) is 4.93. The van der Waals surface area contributed by atoms with Gasteiger partial charge in [0.1, 0.15) is 0 Å². The minimum atomic E-state index is 0.393. The molecule has 0 saturated carbocycles. The molecule has 0 fully saturated rings. The highest BCUT2D eigenvalue weighted by Gasteiger charge is 2.12. The molecule has 1 atom stereocenters. The maximum absolute atomic E-state index is 3.44. The van der Waals surface area contributed by atoms with E-state index in [-0.39, 0.29) is 0 Å². The van der Waals surface area contributed by atoms with Gasteiger partial charge in [-0.05, 0) is 42.5 Å². The Hall–Kier alpha value is -1.38. The first kappa shape index (κ1) is 14.0. The summed E-state index contributed by atoms with van der Waals surface area (Å²) < 4.78 is 0. The summed E-state index contributed by atoms with van der Waals surface area (Å²) in [5.74, 6) is 0. The number of nitrogens with zero attached hydrogens (tertiary/aromatic N) is 1.